The van der Waals surface area contributed by atoms with Gasteiger partial charge >= 0.3 is 0 Å². The maximum absolute atomic E-state index is 10.4. The van der Waals surface area contributed by atoms with Crippen molar-refractivity contribution in [3.63, 3.8) is 0 Å². The molecule has 0 atom stereocenters. The zero-order valence-electron chi connectivity index (χ0n) is 5.83. The summed E-state index contributed by atoms with van der Waals surface area (Å²) < 4.78 is 18.9. The van der Waals surface area contributed by atoms with Crippen LogP contribution in [-0.4, -0.2) is 13.2 Å². The van der Waals surface area contributed by atoms with Crippen molar-refractivity contribution in [2.24, 2.45) is 0 Å². The molecule has 0 heterocycles. The first-order valence-electron chi connectivity index (χ1n) is 2.72. The molecule has 1 radical (unpaired) electrons. The molecular weight excluding hydrogens is 202 g/mol. The van der Waals surface area contributed by atoms with E-state index in [-0.39, 0.29) is 30.0 Å². The van der Waals surface area contributed by atoms with Gasteiger partial charge in [-0.1, -0.05) is 0 Å². The van der Waals surface area contributed by atoms with Crippen LogP contribution in [0.2, 0.25) is 0 Å². The average Bonchev–Trinajstić information content (AvgIpc) is 1.64. The number of hydrogen-bond donors (Lipinski definition) is 0. The van der Waals surface area contributed by atoms with Crippen LogP contribution in [0.4, 0.5) is 0 Å². The molecule has 0 amide bonds. The summed E-state index contributed by atoms with van der Waals surface area (Å²) in [7, 11) is -3.94. The maximum Gasteiger partial charge on any atom is 0.267 e. The maximum atomic E-state index is 10.4. The molecule has 0 aromatic carbocycles. The van der Waals surface area contributed by atoms with Crippen LogP contribution in [0, 0.1) is 0 Å². The number of phosphoric ester groups is 1. The first kappa shape index (κ1) is 13.2. The normalized spacial score (nSPS) is 10.7. The third-order valence-electron chi connectivity index (χ3n) is 0.574. The van der Waals surface area contributed by atoms with Gasteiger partial charge < -0.3 is 13.9 Å². The first-order chi connectivity index (χ1) is 4.12. The van der Waals surface area contributed by atoms with Gasteiger partial charge in [0.2, 0.25) is 0 Å². The second-order valence-electron chi connectivity index (χ2n) is 1.28. The SMILES string of the molecule is CCOP(=O)([O-])OCC.[Co]. The predicted octanol–water partition coefficient (Wildman–Crippen LogP) is 0.525. The van der Waals surface area contributed by atoms with Crippen LogP contribution >= 0.6 is 7.82 Å². The summed E-state index contributed by atoms with van der Waals surface area (Å²) in [6.07, 6.45) is 0. The monoisotopic (exact) mass is 212 g/mol. The van der Waals surface area contributed by atoms with Crippen LogP contribution in [0.1, 0.15) is 13.8 Å². The van der Waals surface area contributed by atoms with E-state index in [2.05, 4.69) is 9.05 Å². The van der Waals surface area contributed by atoms with E-state index in [4.69, 9.17) is 0 Å². The van der Waals surface area contributed by atoms with Crippen molar-refractivity contribution in [2.75, 3.05) is 13.2 Å². The van der Waals surface area contributed by atoms with Crippen molar-refractivity contribution in [1.82, 2.24) is 0 Å². The summed E-state index contributed by atoms with van der Waals surface area (Å²) in [6, 6.07) is 0. The van der Waals surface area contributed by atoms with Crippen LogP contribution in [0.3, 0.4) is 0 Å². The van der Waals surface area contributed by atoms with Gasteiger partial charge in [0.1, 0.15) is 0 Å². The average molecular weight is 212 g/mol. The van der Waals surface area contributed by atoms with E-state index in [1.165, 1.54) is 0 Å². The summed E-state index contributed by atoms with van der Waals surface area (Å²) in [5.41, 5.74) is 0. The molecule has 0 unspecified atom stereocenters. The van der Waals surface area contributed by atoms with Gasteiger partial charge in [0.25, 0.3) is 7.82 Å². The number of phosphoric acid groups is 1. The molecular formula is C4H10CoO4P-. The van der Waals surface area contributed by atoms with Gasteiger partial charge in [0, 0.05) is 16.8 Å². The van der Waals surface area contributed by atoms with Crippen LogP contribution in [-0.2, 0) is 30.4 Å². The second-order valence-corrected chi connectivity index (χ2v) is 2.69. The summed E-state index contributed by atoms with van der Waals surface area (Å²) in [5.74, 6) is 0. The molecule has 0 N–H and O–H groups in total. The van der Waals surface area contributed by atoms with Crippen LogP contribution in [0.25, 0.3) is 0 Å². The second kappa shape index (κ2) is 6.33. The zero-order valence-corrected chi connectivity index (χ0v) is 7.76. The van der Waals surface area contributed by atoms with Crippen molar-refractivity contribution in [3.8, 4) is 0 Å². The quantitative estimate of drug-likeness (QED) is 0.637. The Hall–Kier alpha value is 0.616. The molecule has 0 spiro atoms. The molecule has 0 aliphatic heterocycles. The first-order valence-corrected chi connectivity index (χ1v) is 4.18. The molecule has 0 rings (SSSR count). The molecule has 65 valence electrons. The third kappa shape index (κ3) is 6.73. The van der Waals surface area contributed by atoms with Gasteiger partial charge in [-0.05, 0) is 13.8 Å². The van der Waals surface area contributed by atoms with Gasteiger partial charge in [-0.15, -0.1) is 0 Å². The number of rotatable bonds is 4. The van der Waals surface area contributed by atoms with Gasteiger partial charge in [-0.25, -0.2) is 0 Å². The molecule has 0 aromatic heterocycles. The Morgan fingerprint density at radius 3 is 1.80 bits per heavy atom. The fourth-order valence-corrected chi connectivity index (χ4v) is 1.06. The van der Waals surface area contributed by atoms with Gasteiger partial charge in [-0.3, -0.25) is 4.57 Å². The van der Waals surface area contributed by atoms with Crippen molar-refractivity contribution in [1.29, 1.82) is 0 Å². The minimum atomic E-state index is -3.94. The van der Waals surface area contributed by atoms with E-state index in [0.717, 1.165) is 0 Å². The Balaban J connectivity index is 0. The molecule has 0 aliphatic carbocycles. The molecule has 0 aromatic rings. The van der Waals surface area contributed by atoms with Gasteiger partial charge in [0.05, 0.1) is 13.2 Å². The topological polar surface area (TPSA) is 58.6 Å². The Kier molecular flexibility index (Phi) is 8.38. The van der Waals surface area contributed by atoms with E-state index < -0.39 is 7.82 Å². The van der Waals surface area contributed by atoms with Crippen LogP contribution in [0.5, 0.6) is 0 Å². The number of hydrogen-bond acceptors (Lipinski definition) is 4. The molecule has 0 saturated heterocycles. The smallest absolute Gasteiger partial charge is 0.267 e. The van der Waals surface area contributed by atoms with Crippen LogP contribution in [0.15, 0.2) is 0 Å². The third-order valence-corrected chi connectivity index (χ3v) is 1.72. The summed E-state index contributed by atoms with van der Waals surface area (Å²) >= 11 is 0. The standard InChI is InChI=1S/C4H11O4P.Co/c1-3-7-9(5,6)8-4-2;/h3-4H2,1-2H3,(H,5,6);/p-1. The van der Waals surface area contributed by atoms with Crippen LogP contribution < -0.4 is 4.89 Å². The van der Waals surface area contributed by atoms with Crippen molar-refractivity contribution in [2.45, 2.75) is 13.8 Å². The van der Waals surface area contributed by atoms with E-state index in [1.54, 1.807) is 13.8 Å². The molecule has 0 bridgehead atoms. The van der Waals surface area contributed by atoms with E-state index >= 15 is 0 Å². The molecule has 0 saturated carbocycles. The van der Waals surface area contributed by atoms with Crippen molar-refractivity contribution < 1.29 is 35.3 Å². The molecule has 10 heavy (non-hydrogen) atoms. The fraction of sp³-hybridized carbons (Fsp3) is 1.00. The minimum Gasteiger partial charge on any atom is -0.756 e. The molecule has 4 nitrogen and oxygen atoms in total. The Morgan fingerprint density at radius 1 is 1.30 bits per heavy atom. The summed E-state index contributed by atoms with van der Waals surface area (Å²) in [6.45, 7) is 3.43. The Morgan fingerprint density at radius 2 is 1.60 bits per heavy atom. The van der Waals surface area contributed by atoms with Gasteiger partial charge in [0.15, 0.2) is 0 Å². The zero-order chi connectivity index (χ0) is 7.33. The largest absolute Gasteiger partial charge is 0.756 e. The molecule has 0 fully saturated rings. The summed E-state index contributed by atoms with van der Waals surface area (Å²) in [4.78, 5) is 10.4. The Bertz CT molecular complexity index is 108. The predicted molar refractivity (Wildman–Crippen MR) is 30.9 cm³/mol. The van der Waals surface area contributed by atoms with E-state index in [1.807, 2.05) is 0 Å². The van der Waals surface area contributed by atoms with Crippen molar-refractivity contribution >= 4 is 7.82 Å². The van der Waals surface area contributed by atoms with Gasteiger partial charge in [-0.2, -0.15) is 0 Å². The van der Waals surface area contributed by atoms with Crippen molar-refractivity contribution in [3.05, 3.63) is 0 Å². The van der Waals surface area contributed by atoms with E-state index in [9.17, 15) is 9.46 Å². The Labute approximate surface area is 70.7 Å². The molecule has 0 aliphatic rings. The summed E-state index contributed by atoms with van der Waals surface area (Å²) in [5, 5.41) is 0. The van der Waals surface area contributed by atoms with E-state index in [0.29, 0.717) is 0 Å². The molecule has 6 heteroatoms. The fourth-order valence-electron chi connectivity index (χ4n) is 0.353. The minimum absolute atomic E-state index is 0.